The summed E-state index contributed by atoms with van der Waals surface area (Å²) in [5, 5.41) is 1.49. The van der Waals surface area contributed by atoms with Crippen LogP contribution in [0.15, 0.2) is 18.2 Å². The molecule has 0 saturated heterocycles. The Morgan fingerprint density at radius 3 is 2.27 bits per heavy atom. The Morgan fingerprint density at radius 1 is 1.20 bits per heavy atom. The maximum Gasteiger partial charge on any atom is 0.0452 e. The molecule has 0 fully saturated rings. The van der Waals surface area contributed by atoms with Gasteiger partial charge in [0.2, 0.25) is 0 Å². The minimum Gasteiger partial charge on any atom is -0.124 e. The predicted molar refractivity (Wildman–Crippen MR) is 69.5 cm³/mol. The molecule has 0 amide bonds. The first-order valence-corrected chi connectivity index (χ1v) is 5.62. The molecule has 0 bridgehead atoms. The van der Waals surface area contributed by atoms with Crippen molar-refractivity contribution in [1.82, 2.24) is 0 Å². The fourth-order valence-electron chi connectivity index (χ4n) is 1.17. The number of aryl methyl sites for hydroxylation is 1. The van der Waals surface area contributed by atoms with Crippen molar-refractivity contribution in [2.24, 2.45) is 5.92 Å². The van der Waals surface area contributed by atoms with Crippen molar-refractivity contribution >= 4 is 23.2 Å². The van der Waals surface area contributed by atoms with Crippen LogP contribution in [-0.4, -0.2) is 0 Å². The van der Waals surface area contributed by atoms with Crippen LogP contribution in [0.1, 0.15) is 25.8 Å². The van der Waals surface area contributed by atoms with E-state index in [1.165, 1.54) is 12.0 Å². The summed E-state index contributed by atoms with van der Waals surface area (Å²) < 4.78 is 0. The summed E-state index contributed by atoms with van der Waals surface area (Å²) in [6, 6.07) is 5.70. The Labute approximate surface area is 103 Å². The topological polar surface area (TPSA) is 0 Å². The van der Waals surface area contributed by atoms with Gasteiger partial charge in [0.25, 0.3) is 0 Å². The van der Waals surface area contributed by atoms with Crippen LogP contribution >= 0.6 is 23.2 Å². The molecule has 0 saturated carbocycles. The molecule has 0 spiro atoms. The smallest absolute Gasteiger partial charge is 0.0452 e. The summed E-state index contributed by atoms with van der Waals surface area (Å²) in [4.78, 5) is 0. The van der Waals surface area contributed by atoms with Crippen molar-refractivity contribution in [1.29, 1.82) is 0 Å². The Bertz CT molecular complexity index is 314. The van der Waals surface area contributed by atoms with Gasteiger partial charge in [0.05, 0.1) is 0 Å². The average molecular weight is 243 g/mol. The molecule has 0 atom stereocenters. The van der Waals surface area contributed by atoms with Gasteiger partial charge in [0.15, 0.2) is 0 Å². The fourth-order valence-corrected chi connectivity index (χ4v) is 1.67. The van der Waals surface area contributed by atoms with Gasteiger partial charge in [-0.2, -0.15) is 0 Å². The normalized spacial score (nSPS) is 9.53. The van der Waals surface area contributed by atoms with Crippen LogP contribution in [0, 0.1) is 18.8 Å². The van der Waals surface area contributed by atoms with Gasteiger partial charge in [-0.15, -0.1) is 12.8 Å². The highest BCUT2D eigenvalue weighted by Gasteiger charge is 2.02. The van der Waals surface area contributed by atoms with E-state index in [1.54, 1.807) is 6.07 Å². The SMILES string of the molecule is C#C.CC(C)CCc1ccc(Cl)cc1Cl. The van der Waals surface area contributed by atoms with E-state index in [0.717, 1.165) is 11.4 Å². The van der Waals surface area contributed by atoms with Crippen molar-refractivity contribution in [2.75, 3.05) is 0 Å². The summed E-state index contributed by atoms with van der Waals surface area (Å²) in [5.74, 6) is 0.715. The average Bonchev–Trinajstić information content (AvgIpc) is 2.19. The largest absolute Gasteiger partial charge is 0.124 e. The van der Waals surface area contributed by atoms with Crippen molar-refractivity contribution < 1.29 is 0 Å². The van der Waals surface area contributed by atoms with Crippen LogP contribution in [0.25, 0.3) is 0 Å². The zero-order valence-corrected chi connectivity index (χ0v) is 10.6. The van der Waals surface area contributed by atoms with Gasteiger partial charge in [-0.1, -0.05) is 43.1 Å². The molecule has 1 aromatic carbocycles. The molecule has 0 aliphatic heterocycles. The fraction of sp³-hybridized carbons (Fsp3) is 0.385. The molecule has 0 aliphatic carbocycles. The van der Waals surface area contributed by atoms with E-state index in [0.29, 0.717) is 10.9 Å². The van der Waals surface area contributed by atoms with Crippen LogP contribution in [0.4, 0.5) is 0 Å². The molecule has 1 rings (SSSR count). The summed E-state index contributed by atoms with van der Waals surface area (Å²) in [5.41, 5.74) is 1.19. The third-order valence-corrected chi connectivity index (χ3v) is 2.59. The second kappa shape index (κ2) is 7.63. The van der Waals surface area contributed by atoms with Gasteiger partial charge in [-0.25, -0.2) is 0 Å². The number of halogens is 2. The van der Waals surface area contributed by atoms with E-state index < -0.39 is 0 Å². The van der Waals surface area contributed by atoms with Crippen LogP contribution in [0.2, 0.25) is 10.0 Å². The Morgan fingerprint density at radius 2 is 1.80 bits per heavy atom. The number of benzene rings is 1. The lowest BCUT2D eigenvalue weighted by Gasteiger charge is -2.06. The molecular formula is C13H16Cl2. The second-order valence-electron chi connectivity index (χ2n) is 3.67. The molecular weight excluding hydrogens is 227 g/mol. The number of hydrogen-bond acceptors (Lipinski definition) is 0. The van der Waals surface area contributed by atoms with Crippen LogP contribution in [-0.2, 0) is 6.42 Å². The third kappa shape index (κ3) is 5.72. The van der Waals surface area contributed by atoms with Gasteiger partial charge in [0, 0.05) is 10.0 Å². The first kappa shape index (κ1) is 14.4. The molecule has 0 N–H and O–H groups in total. The molecule has 0 aromatic heterocycles. The van der Waals surface area contributed by atoms with Crippen molar-refractivity contribution in [3.8, 4) is 12.8 Å². The van der Waals surface area contributed by atoms with E-state index in [-0.39, 0.29) is 0 Å². The molecule has 1 aromatic rings. The summed E-state index contributed by atoms with van der Waals surface area (Å²) >= 11 is 11.8. The van der Waals surface area contributed by atoms with Gasteiger partial charge in [-0.05, 0) is 36.5 Å². The lowest BCUT2D eigenvalue weighted by atomic mass is 10.0. The zero-order chi connectivity index (χ0) is 11.8. The molecule has 0 aliphatic rings. The minimum atomic E-state index is 0.707. The first-order chi connectivity index (χ1) is 7.09. The van der Waals surface area contributed by atoms with Crippen LogP contribution in [0.3, 0.4) is 0 Å². The Balaban J connectivity index is 0.000000921. The number of rotatable bonds is 3. The van der Waals surface area contributed by atoms with E-state index in [9.17, 15) is 0 Å². The van der Waals surface area contributed by atoms with Gasteiger partial charge < -0.3 is 0 Å². The van der Waals surface area contributed by atoms with Gasteiger partial charge >= 0.3 is 0 Å². The Kier molecular flexibility index (Phi) is 7.30. The second-order valence-corrected chi connectivity index (χ2v) is 4.51. The quantitative estimate of drug-likeness (QED) is 0.667. The lowest BCUT2D eigenvalue weighted by molar-refractivity contribution is 0.587. The van der Waals surface area contributed by atoms with Crippen LogP contribution < -0.4 is 0 Å². The monoisotopic (exact) mass is 242 g/mol. The van der Waals surface area contributed by atoms with Gasteiger partial charge in [-0.3, -0.25) is 0 Å². The third-order valence-electron chi connectivity index (χ3n) is 2.01. The van der Waals surface area contributed by atoms with Gasteiger partial charge in [0.1, 0.15) is 0 Å². The first-order valence-electron chi connectivity index (χ1n) is 4.87. The van der Waals surface area contributed by atoms with Crippen molar-refractivity contribution in [3.63, 3.8) is 0 Å². The van der Waals surface area contributed by atoms with Crippen molar-refractivity contribution in [2.45, 2.75) is 26.7 Å². The highest BCUT2D eigenvalue weighted by atomic mass is 35.5. The molecule has 15 heavy (non-hydrogen) atoms. The zero-order valence-electron chi connectivity index (χ0n) is 9.13. The van der Waals surface area contributed by atoms with E-state index in [2.05, 4.69) is 26.7 Å². The number of terminal acetylenes is 1. The standard InChI is InChI=1S/C11H14Cl2.C2H2/c1-8(2)3-4-9-5-6-10(12)7-11(9)13;1-2/h5-8H,3-4H2,1-2H3;1-2H. The summed E-state index contributed by atoms with van der Waals surface area (Å²) in [6.07, 6.45) is 10.2. The molecule has 0 radical (unpaired) electrons. The maximum absolute atomic E-state index is 6.03. The van der Waals surface area contributed by atoms with Crippen LogP contribution in [0.5, 0.6) is 0 Å². The number of hydrogen-bond donors (Lipinski definition) is 0. The molecule has 0 nitrogen and oxygen atoms in total. The Hall–Kier alpha value is -0.640. The van der Waals surface area contributed by atoms with E-state index in [1.807, 2.05) is 12.1 Å². The molecule has 82 valence electrons. The van der Waals surface area contributed by atoms with E-state index in [4.69, 9.17) is 23.2 Å². The molecule has 0 heterocycles. The molecule has 2 heteroatoms. The lowest BCUT2D eigenvalue weighted by Crippen LogP contribution is -1.92. The van der Waals surface area contributed by atoms with E-state index >= 15 is 0 Å². The predicted octanol–water partition coefficient (Wildman–Crippen LogP) is 4.83. The summed E-state index contributed by atoms with van der Waals surface area (Å²) in [6.45, 7) is 4.42. The highest BCUT2D eigenvalue weighted by Crippen LogP contribution is 2.22. The molecule has 0 unspecified atom stereocenters. The minimum absolute atomic E-state index is 0.707. The maximum atomic E-state index is 6.03. The highest BCUT2D eigenvalue weighted by molar-refractivity contribution is 6.35. The van der Waals surface area contributed by atoms with Crippen molar-refractivity contribution in [3.05, 3.63) is 33.8 Å². The summed E-state index contributed by atoms with van der Waals surface area (Å²) in [7, 11) is 0.